The van der Waals surface area contributed by atoms with Crippen molar-refractivity contribution in [2.45, 2.75) is 46.1 Å². The number of aliphatic carboxylic acids is 1. The molecule has 1 aliphatic heterocycles. The summed E-state index contributed by atoms with van der Waals surface area (Å²) in [6.07, 6.45) is 1.43. The monoisotopic (exact) mass is 291 g/mol. The van der Waals surface area contributed by atoms with Crippen LogP contribution in [0.2, 0.25) is 0 Å². The van der Waals surface area contributed by atoms with Crippen molar-refractivity contribution in [3.05, 3.63) is 23.8 Å². The Bertz CT molecular complexity index is 511. The molecule has 0 bridgehead atoms. The zero-order valence-corrected chi connectivity index (χ0v) is 13.3. The lowest BCUT2D eigenvalue weighted by Crippen LogP contribution is -2.36. The van der Waals surface area contributed by atoms with E-state index in [4.69, 9.17) is 9.84 Å². The maximum absolute atomic E-state index is 11.0. The van der Waals surface area contributed by atoms with Crippen molar-refractivity contribution in [3.63, 3.8) is 0 Å². The lowest BCUT2D eigenvalue weighted by atomic mass is 9.96. The first-order chi connectivity index (χ1) is 9.76. The third-order valence-corrected chi connectivity index (χ3v) is 3.78. The summed E-state index contributed by atoms with van der Waals surface area (Å²) in [7, 11) is 0. The van der Waals surface area contributed by atoms with E-state index in [0.29, 0.717) is 0 Å². The van der Waals surface area contributed by atoms with Gasteiger partial charge in [0.2, 0.25) is 0 Å². The molecule has 0 radical (unpaired) electrons. The largest absolute Gasteiger partial charge is 0.488 e. The molecule has 0 atom stereocenters. The highest BCUT2D eigenvalue weighted by Crippen LogP contribution is 2.30. The van der Waals surface area contributed by atoms with Crippen LogP contribution in [-0.4, -0.2) is 29.8 Å². The molecule has 1 heterocycles. The molecule has 1 aromatic rings. The number of carboxylic acid groups (broad SMARTS) is 1. The van der Waals surface area contributed by atoms with E-state index < -0.39 is 5.97 Å². The average molecular weight is 291 g/mol. The van der Waals surface area contributed by atoms with Crippen molar-refractivity contribution in [2.24, 2.45) is 5.92 Å². The second-order valence-electron chi connectivity index (χ2n) is 6.76. The van der Waals surface area contributed by atoms with Gasteiger partial charge in [-0.1, -0.05) is 0 Å². The number of carboxylic acids is 1. The minimum Gasteiger partial charge on any atom is -0.488 e. The van der Waals surface area contributed by atoms with Crippen molar-refractivity contribution >= 4 is 11.7 Å². The number of benzene rings is 1. The van der Waals surface area contributed by atoms with E-state index in [-0.39, 0.29) is 11.5 Å². The van der Waals surface area contributed by atoms with Gasteiger partial charge in [-0.15, -0.1) is 0 Å². The number of hydrogen-bond acceptors (Lipinski definition) is 3. The number of rotatable bonds is 3. The van der Waals surface area contributed by atoms with Crippen molar-refractivity contribution < 1.29 is 14.6 Å². The second-order valence-corrected chi connectivity index (χ2v) is 6.76. The van der Waals surface area contributed by atoms with Crippen LogP contribution in [0.1, 0.15) is 39.2 Å². The van der Waals surface area contributed by atoms with Crippen molar-refractivity contribution in [2.75, 3.05) is 18.0 Å². The average Bonchev–Trinajstić information content (AvgIpc) is 2.37. The number of nitrogens with zero attached hydrogens (tertiary/aromatic N) is 1. The van der Waals surface area contributed by atoms with Gasteiger partial charge >= 0.3 is 5.97 Å². The first kappa shape index (κ1) is 15.7. The molecule has 0 aromatic heterocycles. The van der Waals surface area contributed by atoms with Crippen LogP contribution in [0.3, 0.4) is 0 Å². The van der Waals surface area contributed by atoms with Gasteiger partial charge < -0.3 is 14.7 Å². The van der Waals surface area contributed by atoms with Gasteiger partial charge in [-0.2, -0.15) is 0 Å². The summed E-state index contributed by atoms with van der Waals surface area (Å²) in [6.45, 7) is 9.79. The van der Waals surface area contributed by atoms with Gasteiger partial charge in [0, 0.05) is 18.8 Å². The lowest BCUT2D eigenvalue weighted by Gasteiger charge is -2.33. The Morgan fingerprint density at radius 3 is 2.38 bits per heavy atom. The molecule has 1 aliphatic rings. The van der Waals surface area contributed by atoms with Crippen LogP contribution in [-0.2, 0) is 4.79 Å². The number of piperidine rings is 1. The summed E-state index contributed by atoms with van der Waals surface area (Å²) in [5, 5.41) is 9.06. The summed E-state index contributed by atoms with van der Waals surface area (Å²) in [5.41, 5.74) is 2.15. The van der Waals surface area contributed by atoms with Crippen LogP contribution in [0.4, 0.5) is 5.69 Å². The summed E-state index contributed by atoms with van der Waals surface area (Å²) in [5.74, 6) is 0.0227. The van der Waals surface area contributed by atoms with Gasteiger partial charge in [-0.05, 0) is 64.3 Å². The Kier molecular flexibility index (Phi) is 4.45. The maximum Gasteiger partial charge on any atom is 0.306 e. The topological polar surface area (TPSA) is 49.8 Å². The molecule has 0 amide bonds. The van der Waals surface area contributed by atoms with E-state index in [2.05, 4.69) is 24.0 Å². The standard InChI is InChI=1S/C17H25NO3/c1-12-11-14(21-17(2,3)4)5-6-15(12)18-9-7-13(8-10-18)16(19)20/h5-6,11,13H,7-10H2,1-4H3,(H,19,20). The zero-order valence-electron chi connectivity index (χ0n) is 13.3. The molecule has 21 heavy (non-hydrogen) atoms. The second kappa shape index (κ2) is 5.96. The van der Waals surface area contributed by atoms with Crippen LogP contribution in [0.25, 0.3) is 0 Å². The predicted octanol–water partition coefficient (Wildman–Crippen LogP) is 3.47. The minimum atomic E-state index is -0.666. The molecular formula is C17H25NO3. The summed E-state index contributed by atoms with van der Waals surface area (Å²) in [4.78, 5) is 13.3. The number of carbonyl (C=O) groups is 1. The highest BCUT2D eigenvalue weighted by atomic mass is 16.5. The zero-order chi connectivity index (χ0) is 15.6. The molecule has 1 aromatic carbocycles. The molecule has 4 heteroatoms. The number of aryl methyl sites for hydroxylation is 1. The quantitative estimate of drug-likeness (QED) is 0.926. The molecular weight excluding hydrogens is 266 g/mol. The molecule has 1 fully saturated rings. The van der Waals surface area contributed by atoms with Gasteiger partial charge in [0.15, 0.2) is 0 Å². The maximum atomic E-state index is 11.0. The van der Waals surface area contributed by atoms with E-state index in [9.17, 15) is 4.79 Å². The van der Waals surface area contributed by atoms with Gasteiger partial charge in [0.25, 0.3) is 0 Å². The fourth-order valence-electron chi connectivity index (χ4n) is 2.77. The van der Waals surface area contributed by atoms with Crippen LogP contribution in [0.5, 0.6) is 5.75 Å². The Morgan fingerprint density at radius 1 is 1.29 bits per heavy atom. The van der Waals surface area contributed by atoms with E-state index in [0.717, 1.165) is 31.7 Å². The van der Waals surface area contributed by atoms with Crippen molar-refractivity contribution in [3.8, 4) is 5.75 Å². The van der Waals surface area contributed by atoms with Gasteiger partial charge in [0.05, 0.1) is 5.92 Å². The first-order valence-corrected chi connectivity index (χ1v) is 7.54. The molecule has 1 N–H and O–H groups in total. The normalized spacial score (nSPS) is 16.9. The van der Waals surface area contributed by atoms with Crippen LogP contribution in [0, 0.1) is 12.8 Å². The van der Waals surface area contributed by atoms with E-state index in [1.54, 1.807) is 0 Å². The Hall–Kier alpha value is -1.71. The summed E-state index contributed by atoms with van der Waals surface area (Å²) >= 11 is 0. The van der Waals surface area contributed by atoms with E-state index in [1.165, 1.54) is 11.3 Å². The van der Waals surface area contributed by atoms with Crippen molar-refractivity contribution in [1.82, 2.24) is 0 Å². The van der Waals surface area contributed by atoms with Crippen molar-refractivity contribution in [1.29, 1.82) is 0 Å². The molecule has 116 valence electrons. The summed E-state index contributed by atoms with van der Waals surface area (Å²) in [6, 6.07) is 6.14. The highest BCUT2D eigenvalue weighted by Gasteiger charge is 2.25. The molecule has 0 saturated carbocycles. The molecule has 0 unspecified atom stereocenters. The Labute approximate surface area is 126 Å². The first-order valence-electron chi connectivity index (χ1n) is 7.54. The lowest BCUT2D eigenvalue weighted by molar-refractivity contribution is -0.142. The van der Waals surface area contributed by atoms with Crippen LogP contribution in [0.15, 0.2) is 18.2 Å². The Balaban J connectivity index is 2.06. The van der Waals surface area contributed by atoms with E-state index >= 15 is 0 Å². The van der Waals surface area contributed by atoms with Gasteiger partial charge in [-0.3, -0.25) is 4.79 Å². The number of hydrogen-bond donors (Lipinski definition) is 1. The number of anilines is 1. The van der Waals surface area contributed by atoms with E-state index in [1.807, 2.05) is 26.8 Å². The fourth-order valence-corrected chi connectivity index (χ4v) is 2.77. The number of ether oxygens (including phenoxy) is 1. The fraction of sp³-hybridized carbons (Fsp3) is 0.588. The molecule has 1 saturated heterocycles. The Morgan fingerprint density at radius 2 is 1.90 bits per heavy atom. The molecule has 0 aliphatic carbocycles. The summed E-state index contributed by atoms with van der Waals surface area (Å²) < 4.78 is 5.88. The van der Waals surface area contributed by atoms with Gasteiger partial charge in [-0.25, -0.2) is 0 Å². The molecule has 4 nitrogen and oxygen atoms in total. The third kappa shape index (κ3) is 4.13. The van der Waals surface area contributed by atoms with Crippen LogP contribution < -0.4 is 9.64 Å². The van der Waals surface area contributed by atoms with Crippen LogP contribution >= 0.6 is 0 Å². The SMILES string of the molecule is Cc1cc(OC(C)(C)C)ccc1N1CCC(C(=O)O)CC1. The predicted molar refractivity (Wildman–Crippen MR) is 84.1 cm³/mol. The smallest absolute Gasteiger partial charge is 0.306 e. The molecule has 0 spiro atoms. The minimum absolute atomic E-state index is 0.190. The van der Waals surface area contributed by atoms with Gasteiger partial charge in [0.1, 0.15) is 11.4 Å². The highest BCUT2D eigenvalue weighted by molar-refractivity contribution is 5.70. The molecule has 2 rings (SSSR count). The third-order valence-electron chi connectivity index (χ3n) is 3.78.